The third kappa shape index (κ3) is 12.8. The van der Waals surface area contributed by atoms with Gasteiger partial charge < -0.3 is 35.7 Å². The van der Waals surface area contributed by atoms with Crippen molar-refractivity contribution in [2.75, 3.05) is 26.9 Å². The SMILES string of the molecule is CCC(C)C(NC(=O)C(CC(O)C(N)COCc1ccc(Br)c(OCCCOC)c1)C(C)C)C(=O)NCc1ccc(F)cc1. The molecule has 0 heterocycles. The number of benzene rings is 2. The molecule has 0 radical (unpaired) electrons. The van der Waals surface area contributed by atoms with Crippen molar-refractivity contribution in [3.63, 3.8) is 0 Å². The van der Waals surface area contributed by atoms with E-state index >= 15 is 0 Å². The average molecular weight is 683 g/mol. The minimum Gasteiger partial charge on any atom is -0.492 e. The molecule has 5 unspecified atom stereocenters. The topological polar surface area (TPSA) is 132 Å². The molecule has 44 heavy (non-hydrogen) atoms. The molecule has 0 saturated carbocycles. The molecule has 0 aromatic heterocycles. The van der Waals surface area contributed by atoms with Gasteiger partial charge in [0.1, 0.15) is 17.6 Å². The van der Waals surface area contributed by atoms with Gasteiger partial charge in [-0.1, -0.05) is 52.3 Å². The molecule has 5 atom stereocenters. The summed E-state index contributed by atoms with van der Waals surface area (Å²) in [4.78, 5) is 26.5. The fraction of sp³-hybridized carbons (Fsp3) is 0.576. The highest BCUT2D eigenvalue weighted by Crippen LogP contribution is 2.27. The molecule has 0 aliphatic carbocycles. The van der Waals surface area contributed by atoms with Gasteiger partial charge in [0.15, 0.2) is 0 Å². The fourth-order valence-corrected chi connectivity index (χ4v) is 4.90. The number of aliphatic hydroxyl groups is 1. The summed E-state index contributed by atoms with van der Waals surface area (Å²) in [5.41, 5.74) is 7.91. The molecule has 246 valence electrons. The number of hydrogen-bond acceptors (Lipinski definition) is 7. The van der Waals surface area contributed by atoms with Gasteiger partial charge >= 0.3 is 0 Å². The van der Waals surface area contributed by atoms with Gasteiger partial charge in [-0.3, -0.25) is 9.59 Å². The van der Waals surface area contributed by atoms with Crippen LogP contribution < -0.4 is 21.1 Å². The van der Waals surface area contributed by atoms with E-state index in [0.717, 1.165) is 22.0 Å². The van der Waals surface area contributed by atoms with E-state index in [0.29, 0.717) is 25.4 Å². The number of aliphatic hydroxyl groups excluding tert-OH is 1. The second-order valence-electron chi connectivity index (χ2n) is 11.5. The van der Waals surface area contributed by atoms with Crippen molar-refractivity contribution >= 4 is 27.7 Å². The molecule has 0 aliphatic heterocycles. The maximum atomic E-state index is 13.4. The molecular weight excluding hydrogens is 633 g/mol. The van der Waals surface area contributed by atoms with Crippen LogP contribution in [0, 0.1) is 23.6 Å². The Balaban J connectivity index is 1.92. The summed E-state index contributed by atoms with van der Waals surface area (Å²) in [5.74, 6) is -1.09. The number of halogens is 2. The molecule has 0 spiro atoms. The van der Waals surface area contributed by atoms with E-state index in [-0.39, 0.29) is 55.6 Å². The van der Waals surface area contributed by atoms with Crippen LogP contribution in [0.4, 0.5) is 4.39 Å². The van der Waals surface area contributed by atoms with E-state index in [9.17, 15) is 19.1 Å². The molecule has 2 rings (SSSR count). The molecule has 0 fully saturated rings. The van der Waals surface area contributed by atoms with Crippen LogP contribution in [0.5, 0.6) is 5.75 Å². The molecule has 0 saturated heterocycles. The Bertz CT molecular complexity index is 1150. The van der Waals surface area contributed by atoms with Gasteiger partial charge in [0, 0.05) is 32.6 Å². The van der Waals surface area contributed by atoms with Crippen molar-refractivity contribution in [2.24, 2.45) is 23.5 Å². The Morgan fingerprint density at radius 1 is 1.05 bits per heavy atom. The number of nitrogens with two attached hydrogens (primary N) is 1. The molecule has 9 nitrogen and oxygen atoms in total. The summed E-state index contributed by atoms with van der Waals surface area (Å²) in [6, 6.07) is 10.1. The summed E-state index contributed by atoms with van der Waals surface area (Å²) in [6.07, 6.45) is 0.573. The van der Waals surface area contributed by atoms with Gasteiger partial charge in [-0.15, -0.1) is 0 Å². The van der Waals surface area contributed by atoms with Crippen molar-refractivity contribution in [3.8, 4) is 5.75 Å². The highest BCUT2D eigenvalue weighted by Gasteiger charge is 2.32. The van der Waals surface area contributed by atoms with Crippen molar-refractivity contribution in [1.29, 1.82) is 0 Å². The van der Waals surface area contributed by atoms with E-state index in [2.05, 4.69) is 26.6 Å². The summed E-state index contributed by atoms with van der Waals surface area (Å²) in [5, 5.41) is 16.7. The van der Waals surface area contributed by atoms with Gasteiger partial charge in [-0.25, -0.2) is 4.39 Å². The average Bonchev–Trinajstić information content (AvgIpc) is 3.00. The Hall–Kier alpha value is -2.57. The summed E-state index contributed by atoms with van der Waals surface area (Å²) < 4.78 is 30.7. The number of ether oxygens (including phenoxy) is 3. The quantitative estimate of drug-likeness (QED) is 0.149. The first-order chi connectivity index (χ1) is 21.0. The van der Waals surface area contributed by atoms with Crippen LogP contribution in [-0.4, -0.2) is 62.0 Å². The number of rotatable bonds is 20. The second kappa shape index (κ2) is 19.7. The number of amides is 2. The predicted molar refractivity (Wildman–Crippen MR) is 172 cm³/mol. The monoisotopic (exact) mass is 681 g/mol. The van der Waals surface area contributed by atoms with Crippen molar-refractivity contribution in [1.82, 2.24) is 10.6 Å². The van der Waals surface area contributed by atoms with Crippen LogP contribution in [-0.2, 0) is 32.2 Å². The van der Waals surface area contributed by atoms with E-state index in [1.165, 1.54) is 12.1 Å². The first kappa shape index (κ1) is 37.6. The van der Waals surface area contributed by atoms with Crippen molar-refractivity contribution in [2.45, 2.75) is 78.3 Å². The fourth-order valence-electron chi connectivity index (χ4n) is 4.54. The summed E-state index contributed by atoms with van der Waals surface area (Å²) >= 11 is 3.49. The van der Waals surface area contributed by atoms with Crippen LogP contribution in [0.1, 0.15) is 58.1 Å². The first-order valence-corrected chi connectivity index (χ1v) is 16.0. The largest absolute Gasteiger partial charge is 0.492 e. The van der Waals surface area contributed by atoms with E-state index < -0.39 is 24.1 Å². The number of carbonyl (C=O) groups excluding carboxylic acids is 2. The van der Waals surface area contributed by atoms with Gasteiger partial charge in [0.05, 0.1) is 36.4 Å². The predicted octanol–water partition coefficient (Wildman–Crippen LogP) is 4.72. The van der Waals surface area contributed by atoms with Gasteiger partial charge in [0.2, 0.25) is 11.8 Å². The lowest BCUT2D eigenvalue weighted by molar-refractivity contribution is -0.134. The van der Waals surface area contributed by atoms with Crippen LogP contribution in [0.3, 0.4) is 0 Å². The lowest BCUT2D eigenvalue weighted by Gasteiger charge is -2.29. The molecule has 2 amide bonds. The lowest BCUT2D eigenvalue weighted by atomic mass is 9.86. The zero-order valence-electron chi connectivity index (χ0n) is 26.5. The normalized spacial score (nSPS) is 14.9. The van der Waals surface area contributed by atoms with Crippen LogP contribution in [0.15, 0.2) is 46.9 Å². The molecule has 0 aliphatic rings. The first-order valence-electron chi connectivity index (χ1n) is 15.2. The maximum Gasteiger partial charge on any atom is 0.243 e. The third-order valence-electron chi connectivity index (χ3n) is 7.63. The second-order valence-corrected chi connectivity index (χ2v) is 12.4. The molecule has 2 aromatic carbocycles. The lowest BCUT2D eigenvalue weighted by Crippen LogP contribution is -2.52. The minimum absolute atomic E-state index is 0.0922. The van der Waals surface area contributed by atoms with Gasteiger partial charge in [-0.2, -0.15) is 0 Å². The van der Waals surface area contributed by atoms with Crippen molar-refractivity contribution < 1.29 is 33.3 Å². The Morgan fingerprint density at radius 3 is 2.36 bits per heavy atom. The molecule has 5 N–H and O–H groups in total. The highest BCUT2D eigenvalue weighted by atomic mass is 79.9. The number of carbonyl (C=O) groups is 2. The molecule has 11 heteroatoms. The molecular formula is C33H49BrFN3O6. The smallest absolute Gasteiger partial charge is 0.243 e. The zero-order valence-corrected chi connectivity index (χ0v) is 28.1. The Kier molecular flexibility index (Phi) is 16.9. The minimum atomic E-state index is -0.993. The summed E-state index contributed by atoms with van der Waals surface area (Å²) in [6.45, 7) is 9.37. The third-order valence-corrected chi connectivity index (χ3v) is 8.28. The van der Waals surface area contributed by atoms with E-state index in [1.807, 2.05) is 45.9 Å². The summed E-state index contributed by atoms with van der Waals surface area (Å²) in [7, 11) is 1.65. The van der Waals surface area contributed by atoms with Crippen LogP contribution in [0.25, 0.3) is 0 Å². The molecule has 0 bridgehead atoms. The Labute approximate surface area is 269 Å². The Morgan fingerprint density at radius 2 is 1.73 bits per heavy atom. The number of hydrogen-bond donors (Lipinski definition) is 4. The van der Waals surface area contributed by atoms with Gasteiger partial charge in [-0.05, 0) is 69.6 Å². The van der Waals surface area contributed by atoms with Crippen LogP contribution >= 0.6 is 15.9 Å². The highest BCUT2D eigenvalue weighted by molar-refractivity contribution is 9.10. The maximum absolute atomic E-state index is 13.4. The van der Waals surface area contributed by atoms with E-state index in [4.69, 9.17) is 19.9 Å². The van der Waals surface area contributed by atoms with E-state index in [1.54, 1.807) is 19.2 Å². The number of nitrogens with one attached hydrogen (secondary N) is 2. The zero-order chi connectivity index (χ0) is 32.6. The molecule has 2 aromatic rings. The van der Waals surface area contributed by atoms with Gasteiger partial charge in [0.25, 0.3) is 0 Å². The standard InChI is InChI=1S/C33H49BrFN3O6/c1-6-22(4)31(33(41)37-18-23-8-11-25(35)12-9-23)38-32(40)26(21(2)3)17-29(39)28(36)20-43-19-24-10-13-27(34)30(16-24)44-15-7-14-42-5/h8-13,16,21-22,26,28-29,31,39H,6-7,14-15,17-20,36H2,1-5H3,(H,37,41)(H,38,40). The number of methoxy groups -OCH3 is 1. The van der Waals surface area contributed by atoms with Crippen LogP contribution in [0.2, 0.25) is 0 Å². The van der Waals surface area contributed by atoms with Crippen molar-refractivity contribution in [3.05, 3.63) is 63.9 Å².